The van der Waals surface area contributed by atoms with Crippen LogP contribution in [0.25, 0.3) is 0 Å². The third kappa shape index (κ3) is 11.8. The van der Waals surface area contributed by atoms with Crippen LogP contribution in [0.2, 0.25) is 0 Å². The van der Waals surface area contributed by atoms with Crippen LogP contribution in [0.15, 0.2) is 36.4 Å². The normalized spacial score (nSPS) is 16.6. The van der Waals surface area contributed by atoms with Crippen molar-refractivity contribution in [1.29, 1.82) is 0 Å². The highest BCUT2D eigenvalue weighted by Crippen LogP contribution is 2.34. The topological polar surface area (TPSA) is 125 Å². The number of ketones is 1. The summed E-state index contributed by atoms with van der Waals surface area (Å²) >= 11 is 0. The van der Waals surface area contributed by atoms with E-state index in [4.69, 9.17) is 29.3 Å². The summed E-state index contributed by atoms with van der Waals surface area (Å²) in [5, 5.41) is 17.7. The lowest BCUT2D eigenvalue weighted by molar-refractivity contribution is -0.193. The first-order valence-electron chi connectivity index (χ1n) is 14.7. The zero-order valence-electron chi connectivity index (χ0n) is 24.9. The first-order valence-corrected chi connectivity index (χ1v) is 14.7. The van der Waals surface area contributed by atoms with Crippen molar-refractivity contribution in [1.82, 2.24) is 10.2 Å². The van der Waals surface area contributed by atoms with Crippen LogP contribution in [-0.4, -0.2) is 84.7 Å². The summed E-state index contributed by atoms with van der Waals surface area (Å²) in [6.45, 7) is 5.68. The van der Waals surface area contributed by atoms with Crippen LogP contribution in [0.4, 0.5) is 26.3 Å². The molecule has 1 saturated heterocycles. The van der Waals surface area contributed by atoms with E-state index >= 15 is 0 Å². The van der Waals surface area contributed by atoms with E-state index in [0.717, 1.165) is 81.4 Å². The molecule has 3 N–H and O–H groups in total. The molecule has 3 aliphatic heterocycles. The van der Waals surface area contributed by atoms with Crippen LogP contribution in [0.1, 0.15) is 52.7 Å². The lowest BCUT2D eigenvalue weighted by Gasteiger charge is -2.32. The number of fused-ring (bicyclic) bond motifs is 2. The van der Waals surface area contributed by atoms with Crippen molar-refractivity contribution in [3.8, 4) is 11.5 Å². The van der Waals surface area contributed by atoms with E-state index in [9.17, 15) is 31.1 Å². The van der Waals surface area contributed by atoms with Gasteiger partial charge in [0.1, 0.15) is 0 Å². The van der Waals surface area contributed by atoms with Gasteiger partial charge in [0.15, 0.2) is 17.3 Å². The molecule has 0 spiro atoms. The standard InChI is InChI=1S/C27H34N2O3.2C2HF3O2/c30-25(24-5-4-22-7-11-28-12-8-23(22)18-24)2-1-13-29-14-9-20(10-15-29)16-21-3-6-26-27(17-21)32-19-31-26;2*3-2(4,5)1(6)7/h3-6,17-18,20,28H,1-2,7-16,19H2;2*(H,6,7). The molecule has 0 aliphatic carbocycles. The highest BCUT2D eigenvalue weighted by molar-refractivity contribution is 5.96. The minimum absolute atomic E-state index is 0.294. The van der Waals surface area contributed by atoms with Gasteiger partial charge in [0, 0.05) is 12.0 Å². The second-order valence-corrected chi connectivity index (χ2v) is 11.0. The first-order chi connectivity index (χ1) is 21.6. The van der Waals surface area contributed by atoms with Crippen molar-refractivity contribution in [3.63, 3.8) is 0 Å². The van der Waals surface area contributed by atoms with Gasteiger partial charge in [-0.3, -0.25) is 4.79 Å². The van der Waals surface area contributed by atoms with Gasteiger partial charge < -0.3 is 29.9 Å². The van der Waals surface area contributed by atoms with Gasteiger partial charge in [-0.15, -0.1) is 0 Å². The van der Waals surface area contributed by atoms with Gasteiger partial charge in [0.05, 0.1) is 0 Å². The molecule has 9 nitrogen and oxygen atoms in total. The zero-order chi connectivity index (χ0) is 33.9. The molecule has 0 aromatic heterocycles. The number of ether oxygens (including phenoxy) is 2. The average Bonchev–Trinajstić information content (AvgIpc) is 3.33. The maximum absolute atomic E-state index is 12.7. The van der Waals surface area contributed by atoms with Crippen molar-refractivity contribution < 1.29 is 60.4 Å². The highest BCUT2D eigenvalue weighted by atomic mass is 19.4. The van der Waals surface area contributed by atoms with E-state index in [0.29, 0.717) is 19.0 Å². The van der Waals surface area contributed by atoms with Crippen LogP contribution in [-0.2, 0) is 28.9 Å². The van der Waals surface area contributed by atoms with Crippen LogP contribution in [0, 0.1) is 5.92 Å². The van der Waals surface area contributed by atoms with E-state index in [2.05, 4.69) is 34.5 Å². The van der Waals surface area contributed by atoms with Gasteiger partial charge in [0.25, 0.3) is 0 Å². The fourth-order valence-electron chi connectivity index (χ4n) is 5.27. The number of likely N-dealkylation sites (tertiary alicyclic amines) is 1. The Morgan fingerprint density at radius 3 is 2.02 bits per heavy atom. The molecule has 0 amide bonds. The number of rotatable bonds is 7. The van der Waals surface area contributed by atoms with Crippen LogP contribution in [0.3, 0.4) is 0 Å². The predicted molar refractivity (Wildman–Crippen MR) is 153 cm³/mol. The summed E-state index contributed by atoms with van der Waals surface area (Å²) in [5.41, 5.74) is 4.99. The van der Waals surface area contributed by atoms with Crippen molar-refractivity contribution in [2.75, 3.05) is 39.5 Å². The lowest BCUT2D eigenvalue weighted by atomic mass is 9.90. The predicted octanol–water partition coefficient (Wildman–Crippen LogP) is 5.29. The lowest BCUT2D eigenvalue weighted by Crippen LogP contribution is -2.35. The molecule has 0 atom stereocenters. The second-order valence-electron chi connectivity index (χ2n) is 11.0. The number of hydrogen-bond donors (Lipinski definition) is 3. The number of aliphatic carboxylic acids is 2. The molecule has 254 valence electrons. The molecule has 3 aliphatic rings. The van der Waals surface area contributed by atoms with Crippen molar-refractivity contribution >= 4 is 17.7 Å². The van der Waals surface area contributed by atoms with E-state index in [1.54, 1.807) is 0 Å². The van der Waals surface area contributed by atoms with Gasteiger partial charge in [-0.25, -0.2) is 9.59 Å². The van der Waals surface area contributed by atoms with Gasteiger partial charge in [0.2, 0.25) is 6.79 Å². The van der Waals surface area contributed by atoms with Gasteiger partial charge in [-0.2, -0.15) is 26.3 Å². The Hall–Kier alpha value is -3.85. The SMILES string of the molecule is O=C(CCCN1CCC(Cc2ccc3c(c2)OCO3)CC1)c1ccc2c(c1)CCNCC2.O=C(O)C(F)(F)F.O=C(O)C(F)(F)F. The van der Waals surface area contributed by atoms with E-state index < -0.39 is 24.3 Å². The molecule has 0 radical (unpaired) electrons. The molecular formula is C31H36F6N2O7. The number of halogens is 6. The van der Waals surface area contributed by atoms with Gasteiger partial charge in [-0.1, -0.05) is 18.2 Å². The van der Waals surface area contributed by atoms with Gasteiger partial charge in [-0.05, 0) is 112 Å². The third-order valence-corrected chi connectivity index (χ3v) is 7.70. The molecule has 0 unspecified atom stereocenters. The number of hydrogen-bond acceptors (Lipinski definition) is 7. The van der Waals surface area contributed by atoms with Crippen molar-refractivity contribution in [3.05, 3.63) is 58.7 Å². The number of carbonyl (C=O) groups is 3. The fourth-order valence-corrected chi connectivity index (χ4v) is 5.27. The maximum atomic E-state index is 12.7. The molecule has 1 fully saturated rings. The number of carbonyl (C=O) groups excluding carboxylic acids is 1. The van der Waals surface area contributed by atoms with Crippen molar-refractivity contribution in [2.45, 2.75) is 57.3 Å². The molecule has 46 heavy (non-hydrogen) atoms. The Balaban J connectivity index is 0.000000345. The molecule has 0 saturated carbocycles. The Morgan fingerprint density at radius 1 is 0.826 bits per heavy atom. The largest absolute Gasteiger partial charge is 0.490 e. The van der Waals surface area contributed by atoms with Gasteiger partial charge >= 0.3 is 24.3 Å². The summed E-state index contributed by atoms with van der Waals surface area (Å²) in [7, 11) is 0. The Labute approximate surface area is 261 Å². The number of nitrogens with one attached hydrogen (secondary N) is 1. The molecule has 3 heterocycles. The molecule has 15 heteroatoms. The van der Waals surface area contributed by atoms with Crippen molar-refractivity contribution in [2.24, 2.45) is 5.92 Å². The number of carboxylic acids is 2. The number of piperidine rings is 1. The zero-order valence-corrected chi connectivity index (χ0v) is 24.9. The minimum atomic E-state index is -5.08. The number of Topliss-reactive ketones (excluding diaryl/α,β-unsaturated/α-hetero) is 1. The summed E-state index contributed by atoms with van der Waals surface area (Å²) in [6, 6.07) is 12.7. The summed E-state index contributed by atoms with van der Waals surface area (Å²) < 4.78 is 74.4. The maximum Gasteiger partial charge on any atom is 0.490 e. The summed E-state index contributed by atoms with van der Waals surface area (Å²) in [5.74, 6) is -2.75. The van der Waals surface area contributed by atoms with Crippen LogP contribution < -0.4 is 14.8 Å². The van der Waals surface area contributed by atoms with Crippen LogP contribution >= 0.6 is 0 Å². The van der Waals surface area contributed by atoms with Crippen LogP contribution in [0.5, 0.6) is 11.5 Å². The Morgan fingerprint density at radius 2 is 1.41 bits per heavy atom. The number of benzene rings is 2. The first kappa shape index (κ1) is 36.6. The Bertz CT molecular complexity index is 1320. The Kier molecular flexibility index (Phi) is 13.2. The molecule has 5 rings (SSSR count). The number of carboxylic acid groups (broad SMARTS) is 2. The number of alkyl halides is 6. The average molecular weight is 663 g/mol. The fraction of sp³-hybridized carbons (Fsp3) is 0.516. The minimum Gasteiger partial charge on any atom is -0.475 e. The molecule has 2 aromatic rings. The second kappa shape index (κ2) is 16.6. The summed E-state index contributed by atoms with van der Waals surface area (Å²) in [4.78, 5) is 33.1. The molecule has 2 aromatic carbocycles. The molecule has 0 bridgehead atoms. The summed E-state index contributed by atoms with van der Waals surface area (Å²) in [6.07, 6.45) is -2.93. The number of nitrogens with zero attached hydrogens (tertiary/aromatic N) is 1. The van der Waals surface area contributed by atoms with E-state index in [1.165, 1.54) is 29.5 Å². The van der Waals surface area contributed by atoms with E-state index in [1.807, 2.05) is 12.1 Å². The third-order valence-electron chi connectivity index (χ3n) is 7.70. The van der Waals surface area contributed by atoms with E-state index in [-0.39, 0.29) is 0 Å². The monoisotopic (exact) mass is 662 g/mol. The smallest absolute Gasteiger partial charge is 0.475 e. The molecular weight excluding hydrogens is 626 g/mol. The quantitative estimate of drug-likeness (QED) is 0.268. The highest BCUT2D eigenvalue weighted by Gasteiger charge is 2.39.